The summed E-state index contributed by atoms with van der Waals surface area (Å²) in [7, 11) is 0. The minimum atomic E-state index is -4.77. The van der Waals surface area contributed by atoms with Crippen molar-refractivity contribution in [2.24, 2.45) is 0 Å². The summed E-state index contributed by atoms with van der Waals surface area (Å²) >= 11 is 0. The van der Waals surface area contributed by atoms with Gasteiger partial charge < -0.3 is 5.01 Å². The average molecular weight is 361 g/mol. The molecule has 136 valence electrons. The van der Waals surface area contributed by atoms with Crippen LogP contribution in [0.5, 0.6) is 0 Å². The smallest absolute Gasteiger partial charge is 0.311 e. The van der Waals surface area contributed by atoms with Crippen molar-refractivity contribution in [3.63, 3.8) is 0 Å². The Hall–Kier alpha value is -2.75. The van der Waals surface area contributed by atoms with Crippen LogP contribution in [0.1, 0.15) is 30.4 Å². The Morgan fingerprint density at radius 1 is 1.12 bits per heavy atom. The third-order valence-corrected chi connectivity index (χ3v) is 4.51. The minimum Gasteiger partial charge on any atom is -0.311 e. The van der Waals surface area contributed by atoms with Crippen LogP contribution in [0.2, 0.25) is 0 Å². The van der Waals surface area contributed by atoms with Crippen molar-refractivity contribution in [2.75, 3.05) is 18.1 Å². The van der Waals surface area contributed by atoms with Gasteiger partial charge >= 0.3 is 6.18 Å². The third kappa shape index (κ3) is 3.32. The van der Waals surface area contributed by atoms with E-state index < -0.39 is 23.0 Å². The van der Waals surface area contributed by atoms with E-state index in [2.05, 4.69) is 4.85 Å². The van der Waals surface area contributed by atoms with Gasteiger partial charge in [0.1, 0.15) is 0 Å². The van der Waals surface area contributed by atoms with Crippen molar-refractivity contribution in [1.82, 2.24) is 4.68 Å². The Bertz CT molecular complexity index is 919. The first-order valence-electron chi connectivity index (χ1n) is 8.40. The molecule has 0 spiro atoms. The average Bonchev–Trinajstić information content (AvgIpc) is 2.60. The molecule has 1 aromatic heterocycles. The number of aromatic nitrogens is 1. The number of rotatable bonds is 2. The maximum Gasteiger partial charge on any atom is 0.407 e. The predicted octanol–water partition coefficient (Wildman–Crippen LogP) is 4.52. The van der Waals surface area contributed by atoms with Gasteiger partial charge in [-0.1, -0.05) is 23.8 Å². The zero-order valence-corrected chi connectivity index (χ0v) is 14.3. The molecule has 0 N–H and O–H groups in total. The Morgan fingerprint density at radius 2 is 1.81 bits per heavy atom. The molecule has 0 atom stereocenters. The molecule has 26 heavy (non-hydrogen) atoms. The van der Waals surface area contributed by atoms with Gasteiger partial charge in [0.25, 0.3) is 11.2 Å². The Balaban J connectivity index is 2.34. The second-order valence-corrected chi connectivity index (χ2v) is 6.40. The summed E-state index contributed by atoms with van der Waals surface area (Å²) in [4.78, 5) is 15.8. The van der Waals surface area contributed by atoms with Crippen molar-refractivity contribution >= 4 is 5.69 Å². The summed E-state index contributed by atoms with van der Waals surface area (Å²) in [6.07, 6.45) is -2.04. The lowest BCUT2D eigenvalue weighted by Gasteiger charge is -2.33. The van der Waals surface area contributed by atoms with E-state index in [4.69, 9.17) is 6.57 Å². The van der Waals surface area contributed by atoms with Gasteiger partial charge in [-0.2, -0.15) is 13.2 Å². The monoisotopic (exact) mass is 361 g/mol. The number of hydrogen-bond acceptors (Lipinski definition) is 2. The van der Waals surface area contributed by atoms with Crippen molar-refractivity contribution in [1.29, 1.82) is 0 Å². The summed E-state index contributed by atoms with van der Waals surface area (Å²) < 4.78 is 41.6. The molecule has 7 heteroatoms. The van der Waals surface area contributed by atoms with E-state index >= 15 is 0 Å². The molecule has 1 fully saturated rings. The quantitative estimate of drug-likeness (QED) is 0.737. The Morgan fingerprint density at radius 3 is 2.38 bits per heavy atom. The summed E-state index contributed by atoms with van der Waals surface area (Å²) in [5.41, 5.74) is -1.40. The molecule has 0 amide bonds. The first-order chi connectivity index (χ1) is 12.3. The molecule has 2 heterocycles. The van der Waals surface area contributed by atoms with Gasteiger partial charge in [0, 0.05) is 18.7 Å². The van der Waals surface area contributed by atoms with Gasteiger partial charge in [-0.25, -0.2) is 9.52 Å². The minimum absolute atomic E-state index is 0.167. The summed E-state index contributed by atoms with van der Waals surface area (Å²) in [5, 5.41) is 1.75. The van der Waals surface area contributed by atoms with Crippen LogP contribution in [0.15, 0.2) is 35.1 Å². The molecule has 1 aliphatic heterocycles. The molecule has 1 aliphatic rings. The van der Waals surface area contributed by atoms with Gasteiger partial charge in [0.2, 0.25) is 0 Å². The van der Waals surface area contributed by atoms with E-state index in [9.17, 15) is 18.0 Å². The van der Waals surface area contributed by atoms with Crippen LogP contribution in [0.25, 0.3) is 16.1 Å². The predicted molar refractivity (Wildman–Crippen MR) is 93.9 cm³/mol. The molecular weight excluding hydrogens is 343 g/mol. The van der Waals surface area contributed by atoms with Gasteiger partial charge in [0.15, 0.2) is 0 Å². The highest BCUT2D eigenvalue weighted by molar-refractivity contribution is 5.67. The van der Waals surface area contributed by atoms with Gasteiger partial charge in [-0.05, 0) is 38.3 Å². The fourth-order valence-electron chi connectivity index (χ4n) is 3.28. The fraction of sp³-hybridized carbons (Fsp3) is 0.368. The highest BCUT2D eigenvalue weighted by Crippen LogP contribution is 2.37. The second kappa shape index (κ2) is 6.87. The molecule has 0 saturated carbocycles. The lowest BCUT2D eigenvalue weighted by Crippen LogP contribution is -2.46. The zero-order valence-electron chi connectivity index (χ0n) is 14.3. The Labute approximate surface area is 149 Å². The number of alkyl halides is 3. The number of aryl methyl sites for hydroxylation is 1. The van der Waals surface area contributed by atoms with Gasteiger partial charge in [0.05, 0.1) is 17.8 Å². The lowest BCUT2D eigenvalue weighted by atomic mass is 10.0. The second-order valence-electron chi connectivity index (χ2n) is 6.40. The first-order valence-corrected chi connectivity index (χ1v) is 8.40. The standard InChI is InChI=1S/C19H18F3N3O/c1-13-7-6-8-14(11-13)16-12-15(19(20,21)22)17(23-2)18(26)25(16)24-9-4-3-5-10-24/h6-8,11-12H,3-5,9-10H2,1H3. The number of benzene rings is 1. The number of pyridine rings is 1. The normalized spacial score (nSPS) is 15.0. The summed E-state index contributed by atoms with van der Waals surface area (Å²) in [5.74, 6) is 0. The molecule has 1 aromatic carbocycles. The topological polar surface area (TPSA) is 29.6 Å². The maximum atomic E-state index is 13.5. The molecule has 3 rings (SSSR count). The number of hydrogen-bond donors (Lipinski definition) is 0. The lowest BCUT2D eigenvalue weighted by molar-refractivity contribution is -0.136. The van der Waals surface area contributed by atoms with Crippen LogP contribution in [0.4, 0.5) is 18.9 Å². The SMILES string of the molecule is [C-]#[N+]c1c(C(F)(F)F)cc(-c2cccc(C)c2)n(N2CCCCC2)c1=O. The van der Waals surface area contributed by atoms with E-state index in [1.165, 1.54) is 4.68 Å². The van der Waals surface area contributed by atoms with Crippen LogP contribution in [-0.4, -0.2) is 17.8 Å². The molecule has 0 bridgehead atoms. The van der Waals surface area contributed by atoms with Crippen LogP contribution in [-0.2, 0) is 6.18 Å². The van der Waals surface area contributed by atoms with Crippen molar-refractivity contribution in [2.45, 2.75) is 32.4 Å². The zero-order chi connectivity index (χ0) is 18.9. The fourth-order valence-corrected chi connectivity index (χ4v) is 3.28. The molecule has 0 unspecified atom stereocenters. The largest absolute Gasteiger partial charge is 0.407 e. The number of piperidine rings is 1. The highest BCUT2D eigenvalue weighted by atomic mass is 19.4. The molecule has 0 radical (unpaired) electrons. The maximum absolute atomic E-state index is 13.5. The molecule has 2 aromatic rings. The van der Waals surface area contributed by atoms with Crippen LogP contribution in [0, 0.1) is 13.5 Å². The van der Waals surface area contributed by atoms with E-state index in [1.807, 2.05) is 13.0 Å². The van der Waals surface area contributed by atoms with Crippen molar-refractivity contribution in [3.8, 4) is 11.3 Å². The van der Waals surface area contributed by atoms with Crippen LogP contribution < -0.4 is 10.6 Å². The van der Waals surface area contributed by atoms with E-state index in [1.54, 1.807) is 23.2 Å². The van der Waals surface area contributed by atoms with Gasteiger partial charge in [-0.3, -0.25) is 4.79 Å². The van der Waals surface area contributed by atoms with Crippen molar-refractivity contribution < 1.29 is 13.2 Å². The van der Waals surface area contributed by atoms with Crippen molar-refractivity contribution in [3.05, 3.63) is 63.2 Å². The molecule has 1 saturated heterocycles. The Kier molecular flexibility index (Phi) is 4.77. The number of halogens is 3. The van der Waals surface area contributed by atoms with Crippen LogP contribution in [0.3, 0.4) is 0 Å². The summed E-state index contributed by atoms with van der Waals surface area (Å²) in [6.45, 7) is 10.1. The highest BCUT2D eigenvalue weighted by Gasteiger charge is 2.37. The van der Waals surface area contributed by atoms with E-state index in [-0.39, 0.29) is 5.69 Å². The van der Waals surface area contributed by atoms with Gasteiger partial charge in [-0.15, -0.1) is 0 Å². The molecule has 0 aliphatic carbocycles. The number of nitrogens with zero attached hydrogens (tertiary/aromatic N) is 3. The van der Waals surface area contributed by atoms with E-state index in [0.29, 0.717) is 18.7 Å². The third-order valence-electron chi connectivity index (χ3n) is 4.51. The van der Waals surface area contributed by atoms with Crippen LogP contribution >= 0.6 is 0 Å². The first kappa shape index (κ1) is 18.1. The summed E-state index contributed by atoms with van der Waals surface area (Å²) in [6, 6.07) is 7.93. The molecular formula is C19H18F3N3O. The molecule has 4 nitrogen and oxygen atoms in total. The van der Waals surface area contributed by atoms with E-state index in [0.717, 1.165) is 30.9 Å².